The fourth-order valence-corrected chi connectivity index (χ4v) is 6.52. The lowest BCUT2D eigenvalue weighted by molar-refractivity contribution is -0.0523. The lowest BCUT2D eigenvalue weighted by atomic mass is 10.2. The molecule has 3 aliphatic heterocycles. The molecule has 20 heteroatoms. The minimum Gasteiger partial charge on any atom is -0.382 e. The maximum absolute atomic E-state index is 12.8. The Balaban J connectivity index is 1.08. The first-order valence-corrected chi connectivity index (χ1v) is 14.3. The SMILES string of the molecule is Nc1ncnc2c1ncn2[C@H]1C[C@@H]2O[P+](=O)OC[C@H]3O[C@@H](n4cnc5c(N)ncnc54)C[C@@H]3O[P+](=O)OC[C@H]2O1. The molecule has 4 N–H and O–H groups in total. The van der Waals surface area contributed by atoms with Gasteiger partial charge in [-0.05, 0) is 0 Å². The average molecular weight is 592 g/mol. The molecule has 2 unspecified atom stereocenters. The van der Waals surface area contributed by atoms with Crippen molar-refractivity contribution in [2.45, 2.75) is 49.7 Å². The Morgan fingerprint density at radius 1 is 0.675 bits per heavy atom. The van der Waals surface area contributed by atoms with Crippen LogP contribution in [0.3, 0.4) is 0 Å². The second kappa shape index (κ2) is 10.2. The summed E-state index contributed by atoms with van der Waals surface area (Å²) in [6.07, 6.45) is 2.09. The van der Waals surface area contributed by atoms with E-state index < -0.39 is 53.4 Å². The number of ether oxygens (including phenoxy) is 2. The zero-order valence-electron chi connectivity index (χ0n) is 20.5. The number of fused-ring (bicyclic) bond motifs is 4. The Kier molecular flexibility index (Phi) is 6.56. The zero-order chi connectivity index (χ0) is 27.4. The summed E-state index contributed by atoms with van der Waals surface area (Å²) < 4.78 is 63.7. The first-order chi connectivity index (χ1) is 19.4. The van der Waals surface area contributed by atoms with Gasteiger partial charge in [-0.25, -0.2) is 29.9 Å². The van der Waals surface area contributed by atoms with Crippen molar-refractivity contribution >= 4 is 50.5 Å². The monoisotopic (exact) mass is 592 g/mol. The lowest BCUT2D eigenvalue weighted by Crippen LogP contribution is -2.30. The molecule has 3 saturated heterocycles. The van der Waals surface area contributed by atoms with Crippen LogP contribution in [0.25, 0.3) is 22.3 Å². The van der Waals surface area contributed by atoms with E-state index >= 15 is 0 Å². The van der Waals surface area contributed by atoms with Gasteiger partial charge in [-0.3, -0.25) is 9.13 Å². The zero-order valence-corrected chi connectivity index (χ0v) is 22.3. The second-order valence-corrected chi connectivity index (χ2v) is 11.1. The van der Waals surface area contributed by atoms with Crippen LogP contribution in [0.15, 0.2) is 25.3 Å². The van der Waals surface area contributed by atoms with Gasteiger partial charge in [0.05, 0.1) is 12.7 Å². The summed E-state index contributed by atoms with van der Waals surface area (Å²) in [4.78, 5) is 24.9. The van der Waals surface area contributed by atoms with Crippen LogP contribution in [0, 0.1) is 0 Å². The molecule has 8 atom stereocenters. The molecular formula is C20H22N10O8P2+2. The van der Waals surface area contributed by atoms with Gasteiger partial charge in [-0.15, -0.1) is 18.1 Å². The molecule has 18 nitrogen and oxygen atoms in total. The number of hydrogen-bond donors (Lipinski definition) is 2. The molecule has 0 saturated carbocycles. The summed E-state index contributed by atoms with van der Waals surface area (Å²) in [5.74, 6) is 0.458. The number of aromatic nitrogens is 8. The molecule has 0 aliphatic carbocycles. The second-order valence-electron chi connectivity index (χ2n) is 9.22. The van der Waals surface area contributed by atoms with E-state index in [1.165, 1.54) is 25.3 Å². The smallest absolute Gasteiger partial charge is 0.382 e. The molecule has 7 heterocycles. The minimum absolute atomic E-state index is 0.159. The summed E-state index contributed by atoms with van der Waals surface area (Å²) in [7, 11) is -5.16. The van der Waals surface area contributed by atoms with Crippen LogP contribution in [0.1, 0.15) is 25.3 Å². The highest BCUT2D eigenvalue weighted by molar-refractivity contribution is 7.33. The van der Waals surface area contributed by atoms with E-state index in [0.29, 0.717) is 22.3 Å². The normalized spacial score (nSPS) is 31.6. The minimum atomic E-state index is -2.58. The first kappa shape index (κ1) is 25.6. The van der Waals surface area contributed by atoms with Gasteiger partial charge in [0.1, 0.15) is 73.8 Å². The number of rotatable bonds is 2. The lowest BCUT2D eigenvalue weighted by Gasteiger charge is -2.15. The van der Waals surface area contributed by atoms with Crippen LogP contribution >= 0.6 is 16.5 Å². The molecule has 0 radical (unpaired) electrons. The van der Waals surface area contributed by atoms with E-state index in [9.17, 15) is 9.13 Å². The van der Waals surface area contributed by atoms with Crippen molar-refractivity contribution < 1.29 is 36.7 Å². The third-order valence-corrected chi connectivity index (χ3v) is 8.49. The maximum atomic E-state index is 12.8. The van der Waals surface area contributed by atoms with Gasteiger partial charge in [0.15, 0.2) is 22.9 Å². The third kappa shape index (κ3) is 4.57. The standard InChI is InChI=1S/C20H22N10O8P2/c21-17-15-19(25-5-23-17)29(7-27-15)13-1-9-11(35-13)3-33-40(32)38-10-2-14(36-12(10)4-34-39(31)37-9)30-8-28-16-18(22)24-6-26-20(16)30/h5-14H,1-4H2,(H2,21,23,25)(H2,22,24,26)/q+2/t9-,10-,11+,12+,13+,14+/m0/s1. The molecule has 0 amide bonds. The van der Waals surface area contributed by atoms with Crippen LogP contribution in [0.4, 0.5) is 11.6 Å². The van der Waals surface area contributed by atoms with Crippen LogP contribution in [0.2, 0.25) is 0 Å². The van der Waals surface area contributed by atoms with E-state index in [-0.39, 0.29) is 37.7 Å². The fraction of sp³-hybridized carbons (Fsp3) is 0.500. The quantitative estimate of drug-likeness (QED) is 0.314. The molecule has 3 aliphatic rings. The van der Waals surface area contributed by atoms with E-state index in [2.05, 4.69) is 29.9 Å². The van der Waals surface area contributed by atoms with Gasteiger partial charge in [-0.2, -0.15) is 0 Å². The fourth-order valence-electron chi connectivity index (χ4n) is 4.98. The van der Waals surface area contributed by atoms with Crippen molar-refractivity contribution in [3.05, 3.63) is 25.3 Å². The third-order valence-electron chi connectivity index (χ3n) is 6.89. The van der Waals surface area contributed by atoms with Crippen LogP contribution in [-0.2, 0) is 36.7 Å². The Hall–Kier alpha value is -3.34. The summed E-state index contributed by atoms with van der Waals surface area (Å²) in [6.45, 7) is -0.319. The Bertz CT molecular complexity index is 1500. The molecular weight excluding hydrogens is 570 g/mol. The first-order valence-electron chi connectivity index (χ1n) is 12.2. The number of anilines is 2. The van der Waals surface area contributed by atoms with Gasteiger partial charge in [0, 0.05) is 22.0 Å². The van der Waals surface area contributed by atoms with E-state index in [1.807, 2.05) is 0 Å². The molecule has 7 rings (SSSR count). The molecule has 3 fully saturated rings. The average Bonchev–Trinajstić information content (AvgIpc) is 3.71. The molecule has 0 bridgehead atoms. The Morgan fingerprint density at radius 3 is 1.57 bits per heavy atom. The van der Waals surface area contributed by atoms with E-state index in [1.54, 1.807) is 9.13 Å². The van der Waals surface area contributed by atoms with Crippen molar-refractivity contribution in [1.29, 1.82) is 0 Å². The summed E-state index contributed by atoms with van der Waals surface area (Å²) in [6, 6.07) is 0. The number of nitrogen functional groups attached to an aromatic ring is 2. The highest BCUT2D eigenvalue weighted by Crippen LogP contribution is 2.44. The molecule has 4 aromatic rings. The summed E-state index contributed by atoms with van der Waals surface area (Å²) in [5, 5.41) is 0. The van der Waals surface area contributed by atoms with Gasteiger partial charge >= 0.3 is 16.5 Å². The number of hydrogen-bond acceptors (Lipinski definition) is 16. The predicted octanol–water partition coefficient (Wildman–Crippen LogP) is 1.54. The maximum Gasteiger partial charge on any atom is 0.697 e. The van der Waals surface area contributed by atoms with Crippen molar-refractivity contribution in [2.24, 2.45) is 0 Å². The largest absolute Gasteiger partial charge is 0.697 e. The van der Waals surface area contributed by atoms with Crippen LogP contribution in [0.5, 0.6) is 0 Å². The number of imidazole rings is 2. The molecule has 0 spiro atoms. The molecule has 40 heavy (non-hydrogen) atoms. The van der Waals surface area contributed by atoms with Crippen molar-refractivity contribution in [1.82, 2.24) is 39.0 Å². The summed E-state index contributed by atoms with van der Waals surface area (Å²) >= 11 is 0. The predicted molar refractivity (Wildman–Crippen MR) is 133 cm³/mol. The number of nitrogens with two attached hydrogens (primary N) is 2. The van der Waals surface area contributed by atoms with Crippen LogP contribution in [-0.4, -0.2) is 76.7 Å². The van der Waals surface area contributed by atoms with Gasteiger partial charge in [0.2, 0.25) is 0 Å². The van der Waals surface area contributed by atoms with Crippen LogP contribution < -0.4 is 11.5 Å². The molecule has 4 aromatic heterocycles. The Morgan fingerprint density at radius 2 is 1.12 bits per heavy atom. The van der Waals surface area contributed by atoms with Gasteiger partial charge in [-0.1, -0.05) is 0 Å². The topological polar surface area (TPSA) is 229 Å². The van der Waals surface area contributed by atoms with Crippen molar-refractivity contribution in [3.63, 3.8) is 0 Å². The van der Waals surface area contributed by atoms with Gasteiger partial charge in [0.25, 0.3) is 0 Å². The molecule has 0 aromatic carbocycles. The highest BCUT2D eigenvalue weighted by Gasteiger charge is 2.50. The van der Waals surface area contributed by atoms with Crippen molar-refractivity contribution in [2.75, 3.05) is 24.7 Å². The van der Waals surface area contributed by atoms with Crippen molar-refractivity contribution in [3.8, 4) is 0 Å². The molecule has 208 valence electrons. The number of nitrogens with zero attached hydrogens (tertiary/aromatic N) is 8. The van der Waals surface area contributed by atoms with E-state index in [4.69, 9.17) is 39.0 Å². The van der Waals surface area contributed by atoms with E-state index in [0.717, 1.165) is 0 Å². The Labute approximate surface area is 226 Å². The summed E-state index contributed by atoms with van der Waals surface area (Å²) in [5.41, 5.74) is 13.5. The van der Waals surface area contributed by atoms with Gasteiger partial charge < -0.3 is 20.9 Å². The highest BCUT2D eigenvalue weighted by atomic mass is 31.1.